The molecule has 30 heavy (non-hydrogen) atoms. The van der Waals surface area contributed by atoms with Gasteiger partial charge in [-0.3, -0.25) is 9.59 Å². The number of fused-ring (bicyclic) bond motifs is 2. The van der Waals surface area contributed by atoms with Crippen molar-refractivity contribution in [2.75, 3.05) is 0 Å². The van der Waals surface area contributed by atoms with Crippen LogP contribution in [-0.4, -0.2) is 15.9 Å². The average molecular weight is 397 g/mol. The molecule has 1 atom stereocenters. The largest absolute Gasteiger partial charge is 0.508 e. The summed E-state index contributed by atoms with van der Waals surface area (Å²) in [6, 6.07) is 21.0. The van der Waals surface area contributed by atoms with Crippen molar-refractivity contribution in [3.63, 3.8) is 0 Å². The summed E-state index contributed by atoms with van der Waals surface area (Å²) in [5.74, 6) is -0.184. The van der Waals surface area contributed by atoms with Gasteiger partial charge in [0.05, 0.1) is 17.0 Å². The lowest BCUT2D eigenvalue weighted by atomic mass is 9.97. The second kappa shape index (κ2) is 6.88. The summed E-state index contributed by atoms with van der Waals surface area (Å²) >= 11 is 0. The molecule has 5 rings (SSSR count). The molecule has 0 radical (unpaired) electrons. The second-order valence-corrected chi connectivity index (χ2v) is 7.59. The summed E-state index contributed by atoms with van der Waals surface area (Å²) < 4.78 is 5.95. The molecule has 1 amide bonds. The first-order chi connectivity index (χ1) is 14.5. The molecular formula is C25H19NO4. The van der Waals surface area contributed by atoms with Gasteiger partial charge in [0.25, 0.3) is 5.91 Å². The van der Waals surface area contributed by atoms with E-state index in [4.69, 9.17) is 4.42 Å². The summed E-state index contributed by atoms with van der Waals surface area (Å²) in [6.07, 6.45) is 0. The highest BCUT2D eigenvalue weighted by Gasteiger charge is 2.42. The number of benzene rings is 3. The number of aryl methyl sites for hydroxylation is 1. The molecule has 0 bridgehead atoms. The van der Waals surface area contributed by atoms with Gasteiger partial charge in [-0.25, -0.2) is 0 Å². The summed E-state index contributed by atoms with van der Waals surface area (Å²) in [5, 5.41) is 10.5. The van der Waals surface area contributed by atoms with Crippen molar-refractivity contribution >= 4 is 16.9 Å². The van der Waals surface area contributed by atoms with Crippen LogP contribution in [0.1, 0.15) is 38.9 Å². The predicted molar refractivity (Wildman–Crippen MR) is 113 cm³/mol. The number of hydrogen-bond donors (Lipinski definition) is 1. The van der Waals surface area contributed by atoms with E-state index in [-0.39, 0.29) is 22.8 Å². The van der Waals surface area contributed by atoms with Gasteiger partial charge in [0.2, 0.25) is 5.76 Å². The number of carbonyl (C=O) groups excluding carboxylic acids is 1. The van der Waals surface area contributed by atoms with E-state index in [9.17, 15) is 14.7 Å². The number of rotatable bonds is 3. The van der Waals surface area contributed by atoms with Crippen molar-refractivity contribution < 1.29 is 14.3 Å². The van der Waals surface area contributed by atoms with Gasteiger partial charge < -0.3 is 14.4 Å². The topological polar surface area (TPSA) is 70.8 Å². The van der Waals surface area contributed by atoms with Gasteiger partial charge in [-0.2, -0.15) is 0 Å². The van der Waals surface area contributed by atoms with Gasteiger partial charge in [-0.05, 0) is 42.3 Å². The Labute approximate surface area is 172 Å². The fourth-order valence-corrected chi connectivity index (χ4v) is 4.12. The third kappa shape index (κ3) is 2.87. The van der Waals surface area contributed by atoms with E-state index >= 15 is 0 Å². The quantitative estimate of drug-likeness (QED) is 0.550. The molecule has 0 saturated heterocycles. The molecule has 5 heteroatoms. The van der Waals surface area contributed by atoms with Crippen LogP contribution in [0.3, 0.4) is 0 Å². The number of phenolic OH excluding ortho intramolecular Hbond substituents is 1. The van der Waals surface area contributed by atoms with Crippen LogP contribution in [0.5, 0.6) is 5.75 Å². The zero-order chi connectivity index (χ0) is 20.8. The first-order valence-corrected chi connectivity index (χ1v) is 9.74. The fraction of sp³-hybridized carbons (Fsp3) is 0.120. The lowest BCUT2D eigenvalue weighted by molar-refractivity contribution is 0.0714. The van der Waals surface area contributed by atoms with Crippen LogP contribution < -0.4 is 5.43 Å². The smallest absolute Gasteiger partial charge is 0.291 e. The Bertz CT molecular complexity index is 1340. The summed E-state index contributed by atoms with van der Waals surface area (Å²) in [5.41, 5.74) is 3.05. The SMILES string of the molecule is Cc1ccc2oc3c(c(=O)c2c1)[C@H](c1cccc(O)c1)N(Cc1ccccc1)C3=O. The zero-order valence-electron chi connectivity index (χ0n) is 16.3. The van der Waals surface area contributed by atoms with Gasteiger partial charge in [0, 0.05) is 6.54 Å². The van der Waals surface area contributed by atoms with E-state index in [1.165, 1.54) is 0 Å². The summed E-state index contributed by atoms with van der Waals surface area (Å²) in [4.78, 5) is 28.5. The molecule has 1 aliphatic heterocycles. The third-order valence-corrected chi connectivity index (χ3v) is 5.50. The highest BCUT2D eigenvalue weighted by Crippen LogP contribution is 2.39. The average Bonchev–Trinajstić information content (AvgIpc) is 3.02. The normalized spacial score (nSPS) is 15.6. The van der Waals surface area contributed by atoms with Crippen molar-refractivity contribution in [3.8, 4) is 5.75 Å². The van der Waals surface area contributed by atoms with Crippen molar-refractivity contribution in [1.82, 2.24) is 4.90 Å². The van der Waals surface area contributed by atoms with E-state index in [2.05, 4.69) is 0 Å². The molecule has 0 spiro atoms. The maximum absolute atomic E-state index is 13.5. The molecular weight excluding hydrogens is 378 g/mol. The Balaban J connectivity index is 1.75. The summed E-state index contributed by atoms with van der Waals surface area (Å²) in [7, 11) is 0. The standard InChI is InChI=1S/C25H19NO4/c1-15-10-11-20-19(12-15)23(28)21-22(17-8-5-9-18(27)13-17)26(25(29)24(21)30-20)14-16-6-3-2-4-7-16/h2-13,22,27H,14H2,1H3/t22-/m0/s1. The predicted octanol–water partition coefficient (Wildman–Crippen LogP) is 4.55. The molecule has 2 heterocycles. The highest BCUT2D eigenvalue weighted by atomic mass is 16.3. The van der Waals surface area contributed by atoms with Crippen LogP contribution in [0, 0.1) is 6.92 Å². The first-order valence-electron chi connectivity index (χ1n) is 9.74. The Kier molecular flexibility index (Phi) is 4.17. The number of nitrogens with zero attached hydrogens (tertiary/aromatic N) is 1. The lowest BCUT2D eigenvalue weighted by Crippen LogP contribution is -2.29. The van der Waals surface area contributed by atoms with Crippen molar-refractivity contribution in [2.24, 2.45) is 0 Å². The maximum Gasteiger partial charge on any atom is 0.291 e. The number of phenols is 1. The van der Waals surface area contributed by atoms with E-state index in [0.717, 1.165) is 11.1 Å². The Morgan fingerprint density at radius 1 is 0.967 bits per heavy atom. The van der Waals surface area contributed by atoms with Gasteiger partial charge in [-0.15, -0.1) is 0 Å². The minimum Gasteiger partial charge on any atom is -0.508 e. The number of carbonyl (C=O) groups is 1. The number of aromatic hydroxyl groups is 1. The molecule has 0 saturated carbocycles. The minimum absolute atomic E-state index is 0.0700. The Morgan fingerprint density at radius 3 is 2.53 bits per heavy atom. The van der Waals surface area contributed by atoms with E-state index in [1.54, 1.807) is 35.2 Å². The van der Waals surface area contributed by atoms with Crippen molar-refractivity contribution in [3.05, 3.63) is 111 Å². The van der Waals surface area contributed by atoms with Crippen LogP contribution in [0.25, 0.3) is 11.0 Å². The van der Waals surface area contributed by atoms with Crippen molar-refractivity contribution in [1.29, 1.82) is 0 Å². The van der Waals surface area contributed by atoms with E-state index < -0.39 is 6.04 Å². The van der Waals surface area contributed by atoms with Crippen molar-refractivity contribution in [2.45, 2.75) is 19.5 Å². The molecule has 3 aromatic carbocycles. The number of hydrogen-bond acceptors (Lipinski definition) is 4. The fourth-order valence-electron chi connectivity index (χ4n) is 4.12. The van der Waals surface area contributed by atoms with Crippen LogP contribution in [-0.2, 0) is 6.54 Å². The molecule has 0 fully saturated rings. The van der Waals surface area contributed by atoms with Gasteiger partial charge in [0.1, 0.15) is 11.3 Å². The van der Waals surface area contributed by atoms with Gasteiger partial charge in [0.15, 0.2) is 5.43 Å². The molecule has 0 unspecified atom stereocenters. The molecule has 5 nitrogen and oxygen atoms in total. The molecule has 1 aliphatic rings. The van der Waals surface area contributed by atoms with Crippen LogP contribution in [0.15, 0.2) is 82.0 Å². The van der Waals surface area contributed by atoms with Crippen LogP contribution in [0.4, 0.5) is 0 Å². The monoisotopic (exact) mass is 397 g/mol. The number of amides is 1. The molecule has 1 N–H and O–H groups in total. The van der Waals surface area contributed by atoms with E-state index in [1.807, 2.05) is 49.4 Å². The third-order valence-electron chi connectivity index (χ3n) is 5.50. The highest BCUT2D eigenvalue weighted by molar-refractivity contribution is 5.99. The molecule has 0 aliphatic carbocycles. The maximum atomic E-state index is 13.5. The molecule has 148 valence electrons. The van der Waals surface area contributed by atoms with Gasteiger partial charge in [-0.1, -0.05) is 54.1 Å². The Morgan fingerprint density at radius 2 is 1.77 bits per heavy atom. The second-order valence-electron chi connectivity index (χ2n) is 7.59. The van der Waals surface area contributed by atoms with Crippen LogP contribution in [0.2, 0.25) is 0 Å². The summed E-state index contributed by atoms with van der Waals surface area (Å²) in [6.45, 7) is 2.23. The minimum atomic E-state index is -0.638. The zero-order valence-corrected chi connectivity index (χ0v) is 16.3. The first kappa shape index (κ1) is 18.2. The Hall–Kier alpha value is -3.86. The molecule has 4 aromatic rings. The molecule has 1 aromatic heterocycles. The van der Waals surface area contributed by atoms with Gasteiger partial charge >= 0.3 is 0 Å². The van der Waals surface area contributed by atoms with Crippen LogP contribution >= 0.6 is 0 Å². The van der Waals surface area contributed by atoms with E-state index in [0.29, 0.717) is 28.6 Å². The lowest BCUT2D eigenvalue weighted by Gasteiger charge is -2.25.